The number of aryl methyl sites for hydroxylation is 1. The minimum atomic E-state index is -4.30. The average Bonchev–Trinajstić information content (AvgIpc) is 3.11. The molecule has 0 radical (unpaired) electrons. The molecule has 1 unspecified atom stereocenters. The summed E-state index contributed by atoms with van der Waals surface area (Å²) in [6, 6.07) is 11.9. The zero-order chi connectivity index (χ0) is 27.8. The van der Waals surface area contributed by atoms with Crippen LogP contribution in [0.3, 0.4) is 0 Å². The molecule has 1 atom stereocenters. The summed E-state index contributed by atoms with van der Waals surface area (Å²) in [5.41, 5.74) is 6.90. The van der Waals surface area contributed by atoms with Crippen LogP contribution in [0.4, 0.5) is 20.4 Å². The fourth-order valence-corrected chi connectivity index (χ4v) is 5.39. The van der Waals surface area contributed by atoms with Gasteiger partial charge in [-0.25, -0.2) is 14.7 Å². The number of anilines is 2. The van der Waals surface area contributed by atoms with Crippen molar-refractivity contribution in [3.63, 3.8) is 0 Å². The van der Waals surface area contributed by atoms with Crippen molar-refractivity contribution >= 4 is 27.6 Å². The molecule has 0 bridgehead atoms. The van der Waals surface area contributed by atoms with Gasteiger partial charge >= 0.3 is 6.61 Å². The van der Waals surface area contributed by atoms with E-state index < -0.39 is 22.5 Å². The van der Waals surface area contributed by atoms with Crippen LogP contribution < -0.4 is 20.1 Å². The van der Waals surface area contributed by atoms with Gasteiger partial charge in [-0.15, -0.1) is 0 Å². The number of hydrogen-bond acceptors (Lipinski definition) is 8. The Morgan fingerprint density at radius 2 is 1.92 bits per heavy atom. The Morgan fingerprint density at radius 3 is 2.53 bits per heavy atom. The van der Waals surface area contributed by atoms with E-state index in [1.54, 1.807) is 25.1 Å². The van der Waals surface area contributed by atoms with Crippen molar-refractivity contribution in [2.75, 3.05) is 17.2 Å². The summed E-state index contributed by atoms with van der Waals surface area (Å²) in [6.07, 6.45) is 0.851. The maximum absolute atomic E-state index is 13.3. The van der Waals surface area contributed by atoms with Crippen molar-refractivity contribution < 1.29 is 26.7 Å². The molecule has 1 saturated heterocycles. The summed E-state index contributed by atoms with van der Waals surface area (Å²) in [5, 5.41) is -0.381. The first-order valence-corrected chi connectivity index (χ1v) is 13.4. The van der Waals surface area contributed by atoms with Gasteiger partial charge in [0.2, 0.25) is 0 Å². The molecule has 202 valence electrons. The molecule has 1 fully saturated rings. The number of aromatic nitrogens is 2. The zero-order valence-corrected chi connectivity index (χ0v) is 22.2. The number of carbonyl (C=O) groups is 1. The molecule has 2 aromatic heterocycles. The van der Waals surface area contributed by atoms with Crippen LogP contribution in [-0.4, -0.2) is 43.0 Å². The van der Waals surface area contributed by atoms with Crippen molar-refractivity contribution in [1.29, 1.82) is 0 Å². The summed E-state index contributed by atoms with van der Waals surface area (Å²) in [7, 11) is -4.30. The van der Waals surface area contributed by atoms with Crippen LogP contribution in [0.15, 0.2) is 53.6 Å². The Kier molecular flexibility index (Phi) is 7.29. The Balaban J connectivity index is 1.76. The van der Waals surface area contributed by atoms with Gasteiger partial charge < -0.3 is 15.4 Å². The highest BCUT2D eigenvalue weighted by atomic mass is 32.2. The monoisotopic (exact) mass is 545 g/mol. The van der Waals surface area contributed by atoms with Crippen LogP contribution in [0.2, 0.25) is 0 Å². The summed E-state index contributed by atoms with van der Waals surface area (Å²) < 4.78 is 57.7. The number of carbonyl (C=O) groups excluding carboxylic acids is 1. The number of benzene rings is 1. The molecule has 1 aliphatic rings. The lowest BCUT2D eigenvalue weighted by Gasteiger charge is -2.36. The SMILES string of the molecule is Cc1cc(-c2ccc(C(=O)NS(=O)(=O)c3cccc(N)n3)c(N3CCC(C)C3(C)C)n2)ccc1OC(F)F. The van der Waals surface area contributed by atoms with Crippen LogP contribution in [0.1, 0.15) is 43.1 Å². The Hall–Kier alpha value is -3.80. The molecule has 1 aromatic carbocycles. The van der Waals surface area contributed by atoms with Crippen molar-refractivity contribution in [2.45, 2.75) is 51.3 Å². The molecule has 1 amide bonds. The molecule has 3 N–H and O–H groups in total. The number of ether oxygens (including phenoxy) is 1. The number of nitrogens with zero attached hydrogens (tertiary/aromatic N) is 3. The number of pyridine rings is 2. The van der Waals surface area contributed by atoms with Crippen LogP contribution in [-0.2, 0) is 10.0 Å². The third-order valence-electron chi connectivity index (χ3n) is 7.00. The fraction of sp³-hybridized carbons (Fsp3) is 0.346. The van der Waals surface area contributed by atoms with Gasteiger partial charge in [-0.1, -0.05) is 13.0 Å². The standard InChI is InChI=1S/C26H29F2N5O4S/c1-15-14-17(8-11-20(15)37-25(27)28)19-10-9-18(23(30-19)33-13-12-16(2)26(33,3)4)24(34)32-38(35,36)22-7-5-6-21(29)31-22/h5-11,14,16,25H,12-13H2,1-4H3,(H2,29,31)(H,32,34). The molecule has 0 spiro atoms. The number of nitrogens with one attached hydrogen (secondary N) is 1. The van der Waals surface area contributed by atoms with Crippen molar-refractivity contribution in [1.82, 2.24) is 14.7 Å². The van der Waals surface area contributed by atoms with Crippen LogP contribution in [0.25, 0.3) is 11.3 Å². The number of amides is 1. The fourth-order valence-electron chi connectivity index (χ4n) is 4.45. The minimum Gasteiger partial charge on any atom is -0.435 e. The van der Waals surface area contributed by atoms with Gasteiger partial charge in [0, 0.05) is 17.6 Å². The number of nitrogens with two attached hydrogens (primary N) is 1. The number of hydrogen-bond donors (Lipinski definition) is 2. The third kappa shape index (κ3) is 5.40. The second-order valence-corrected chi connectivity index (χ2v) is 11.4. The molecule has 4 rings (SSSR count). The molecule has 12 heteroatoms. The Bertz CT molecular complexity index is 1480. The number of halogens is 2. The average molecular weight is 546 g/mol. The van der Waals surface area contributed by atoms with E-state index in [0.717, 1.165) is 6.42 Å². The number of alkyl halides is 2. The normalized spacial score (nSPS) is 17.0. The van der Waals surface area contributed by atoms with Gasteiger partial charge in [-0.05, 0) is 81.1 Å². The predicted octanol–water partition coefficient (Wildman–Crippen LogP) is 4.38. The highest BCUT2D eigenvalue weighted by Gasteiger charge is 2.41. The van der Waals surface area contributed by atoms with Crippen molar-refractivity contribution in [3.8, 4) is 17.0 Å². The first-order valence-electron chi connectivity index (χ1n) is 11.9. The van der Waals surface area contributed by atoms with Gasteiger partial charge in [-0.2, -0.15) is 17.2 Å². The van der Waals surface area contributed by atoms with Gasteiger partial charge in [0.1, 0.15) is 17.4 Å². The Morgan fingerprint density at radius 1 is 1.18 bits per heavy atom. The second-order valence-electron chi connectivity index (χ2n) is 9.76. The number of rotatable bonds is 7. The van der Waals surface area contributed by atoms with Gasteiger partial charge in [0.25, 0.3) is 15.9 Å². The highest BCUT2D eigenvalue weighted by molar-refractivity contribution is 7.90. The highest BCUT2D eigenvalue weighted by Crippen LogP contribution is 2.39. The number of nitrogen functional groups attached to an aromatic ring is 1. The largest absolute Gasteiger partial charge is 0.435 e. The second kappa shape index (κ2) is 10.2. The van der Waals surface area contributed by atoms with E-state index >= 15 is 0 Å². The lowest BCUT2D eigenvalue weighted by atomic mass is 9.90. The Labute approximate surface area is 220 Å². The molecule has 1 aliphatic heterocycles. The molecule has 3 aromatic rings. The summed E-state index contributed by atoms with van der Waals surface area (Å²) >= 11 is 0. The molecule has 38 heavy (non-hydrogen) atoms. The van der Waals surface area contributed by atoms with Gasteiger partial charge in [0.05, 0.1) is 11.3 Å². The van der Waals surface area contributed by atoms with Crippen molar-refractivity contribution in [2.24, 2.45) is 5.92 Å². The van der Waals surface area contributed by atoms with Gasteiger partial charge in [-0.3, -0.25) is 4.79 Å². The van der Waals surface area contributed by atoms with Crippen LogP contribution in [0.5, 0.6) is 5.75 Å². The predicted molar refractivity (Wildman–Crippen MR) is 140 cm³/mol. The molecule has 9 nitrogen and oxygen atoms in total. The zero-order valence-electron chi connectivity index (χ0n) is 21.4. The quantitative estimate of drug-likeness (QED) is 0.448. The van der Waals surface area contributed by atoms with E-state index in [4.69, 9.17) is 10.7 Å². The molecule has 0 aliphatic carbocycles. The lowest BCUT2D eigenvalue weighted by molar-refractivity contribution is -0.0502. The van der Waals surface area contributed by atoms with Crippen molar-refractivity contribution in [3.05, 3.63) is 59.7 Å². The molecular formula is C26H29F2N5O4S. The van der Waals surface area contributed by atoms with E-state index in [0.29, 0.717) is 29.2 Å². The molecule has 3 heterocycles. The van der Waals surface area contributed by atoms with Crippen LogP contribution in [0, 0.1) is 12.8 Å². The van der Waals surface area contributed by atoms with E-state index in [1.807, 2.05) is 18.7 Å². The molecule has 0 saturated carbocycles. The third-order valence-corrected chi connectivity index (χ3v) is 8.23. The number of sulfonamides is 1. The maximum atomic E-state index is 13.3. The smallest absolute Gasteiger partial charge is 0.387 e. The van der Waals surface area contributed by atoms with E-state index in [1.165, 1.54) is 30.3 Å². The summed E-state index contributed by atoms with van der Waals surface area (Å²) in [4.78, 5) is 23.9. The molecular weight excluding hydrogens is 516 g/mol. The van der Waals surface area contributed by atoms with Gasteiger partial charge in [0.15, 0.2) is 5.03 Å². The minimum absolute atomic E-state index is 0.0000911. The van der Waals surface area contributed by atoms with Crippen LogP contribution >= 0.6 is 0 Å². The topological polar surface area (TPSA) is 128 Å². The van der Waals surface area contributed by atoms with E-state index in [9.17, 15) is 22.0 Å². The van der Waals surface area contributed by atoms with E-state index in [2.05, 4.69) is 21.4 Å². The summed E-state index contributed by atoms with van der Waals surface area (Å²) in [5.74, 6) is -0.224. The van der Waals surface area contributed by atoms with E-state index in [-0.39, 0.29) is 33.6 Å². The maximum Gasteiger partial charge on any atom is 0.387 e. The summed E-state index contributed by atoms with van der Waals surface area (Å²) in [6.45, 7) is 5.48. The lowest BCUT2D eigenvalue weighted by Crippen LogP contribution is -2.43. The first-order chi connectivity index (χ1) is 17.8. The first kappa shape index (κ1) is 27.2.